The molecule has 1 aromatic carbocycles. The molecule has 0 radical (unpaired) electrons. The lowest BCUT2D eigenvalue weighted by Crippen LogP contribution is -2.41. The molecule has 0 atom stereocenters. The number of aromatic nitrogens is 5. The van der Waals surface area contributed by atoms with Gasteiger partial charge in [0.15, 0.2) is 5.65 Å². The van der Waals surface area contributed by atoms with Crippen LogP contribution in [0.3, 0.4) is 0 Å². The number of imidazole rings is 2. The summed E-state index contributed by atoms with van der Waals surface area (Å²) >= 11 is 0. The van der Waals surface area contributed by atoms with Gasteiger partial charge in [0.05, 0.1) is 16.6 Å². The number of nitrogens with one attached hydrogen (secondary N) is 1. The average Bonchev–Trinajstić information content (AvgIpc) is 3.07. The number of nitrogens with zero attached hydrogens (tertiary/aromatic N) is 5. The Hall–Kier alpha value is -3.09. The molecule has 0 amide bonds. The summed E-state index contributed by atoms with van der Waals surface area (Å²) in [6.45, 7) is 0. The van der Waals surface area contributed by atoms with E-state index < -0.39 is 0 Å². The summed E-state index contributed by atoms with van der Waals surface area (Å²) in [7, 11) is 3.82. The Labute approximate surface area is 149 Å². The number of anilines is 1. The minimum absolute atomic E-state index is 0.00452. The minimum Gasteiger partial charge on any atom is -0.353 e. The Morgan fingerprint density at radius 1 is 1.04 bits per heavy atom. The Morgan fingerprint density at radius 3 is 2.62 bits per heavy atom. The van der Waals surface area contributed by atoms with E-state index in [1.54, 1.807) is 17.8 Å². The van der Waals surface area contributed by atoms with E-state index in [1.165, 1.54) is 0 Å². The summed E-state index contributed by atoms with van der Waals surface area (Å²) in [5.41, 5.74) is 3.75. The van der Waals surface area contributed by atoms with E-state index in [0.717, 1.165) is 41.0 Å². The van der Waals surface area contributed by atoms with Crippen LogP contribution >= 0.6 is 0 Å². The molecule has 132 valence electrons. The van der Waals surface area contributed by atoms with Crippen molar-refractivity contribution in [3.05, 3.63) is 53.1 Å². The van der Waals surface area contributed by atoms with Crippen molar-refractivity contribution in [3.63, 3.8) is 0 Å². The van der Waals surface area contributed by atoms with Gasteiger partial charge in [0.2, 0.25) is 5.95 Å². The zero-order valence-electron chi connectivity index (χ0n) is 14.8. The van der Waals surface area contributed by atoms with Gasteiger partial charge >= 0.3 is 5.69 Å². The maximum Gasteiger partial charge on any atom is 0.330 e. The van der Waals surface area contributed by atoms with Gasteiger partial charge in [0.1, 0.15) is 0 Å². The molecule has 0 unspecified atom stereocenters. The van der Waals surface area contributed by atoms with E-state index in [2.05, 4.69) is 25.9 Å². The number of rotatable bonds is 3. The summed E-state index contributed by atoms with van der Waals surface area (Å²) in [5, 5.41) is 3.52. The predicted octanol–water partition coefficient (Wildman–Crippen LogP) is 2.44. The molecule has 0 saturated heterocycles. The van der Waals surface area contributed by atoms with Crippen molar-refractivity contribution in [2.75, 3.05) is 5.32 Å². The molecule has 1 aliphatic carbocycles. The van der Waals surface area contributed by atoms with Gasteiger partial charge in [-0.1, -0.05) is 12.1 Å². The fraction of sp³-hybridized carbons (Fsp3) is 0.316. The normalized spacial score (nSPS) is 19.8. The van der Waals surface area contributed by atoms with Crippen LogP contribution in [0.15, 0.2) is 47.4 Å². The van der Waals surface area contributed by atoms with Crippen LogP contribution in [0.4, 0.5) is 5.95 Å². The Bertz CT molecular complexity index is 1180. The second kappa shape index (κ2) is 5.45. The van der Waals surface area contributed by atoms with Gasteiger partial charge in [-0.3, -0.25) is 9.13 Å². The Kier molecular flexibility index (Phi) is 3.19. The minimum atomic E-state index is 0.00452. The quantitative estimate of drug-likeness (QED) is 0.617. The van der Waals surface area contributed by atoms with Gasteiger partial charge in [0.25, 0.3) is 0 Å². The maximum absolute atomic E-state index is 12.6. The molecule has 1 aliphatic rings. The van der Waals surface area contributed by atoms with Crippen LogP contribution in [-0.2, 0) is 14.1 Å². The monoisotopic (exact) mass is 348 g/mol. The van der Waals surface area contributed by atoms with E-state index in [1.807, 2.05) is 41.9 Å². The predicted molar refractivity (Wildman–Crippen MR) is 101 cm³/mol. The smallest absolute Gasteiger partial charge is 0.330 e. The highest BCUT2D eigenvalue weighted by atomic mass is 16.1. The number of benzene rings is 1. The lowest BCUT2D eigenvalue weighted by Gasteiger charge is -2.36. The molecule has 0 bridgehead atoms. The van der Waals surface area contributed by atoms with Crippen LogP contribution in [0.25, 0.3) is 22.2 Å². The molecule has 5 rings (SSSR count). The lowest BCUT2D eigenvalue weighted by atomic mass is 9.86. The molecule has 3 heterocycles. The molecule has 1 saturated carbocycles. The molecular formula is C19H20N6O. The first kappa shape index (κ1) is 15.2. The Morgan fingerprint density at radius 2 is 1.81 bits per heavy atom. The largest absolute Gasteiger partial charge is 0.353 e. The third-order valence-electron chi connectivity index (χ3n) is 5.45. The van der Waals surface area contributed by atoms with Gasteiger partial charge in [0, 0.05) is 32.4 Å². The zero-order valence-corrected chi connectivity index (χ0v) is 14.8. The number of hydrogen-bond donors (Lipinski definition) is 1. The summed E-state index contributed by atoms with van der Waals surface area (Å²) in [6.07, 6.45) is 3.52. The van der Waals surface area contributed by atoms with Crippen molar-refractivity contribution in [3.8, 4) is 0 Å². The topological polar surface area (TPSA) is 69.7 Å². The van der Waals surface area contributed by atoms with Gasteiger partial charge < -0.3 is 9.88 Å². The van der Waals surface area contributed by atoms with Gasteiger partial charge in [-0.15, -0.1) is 0 Å². The van der Waals surface area contributed by atoms with Crippen molar-refractivity contribution in [1.29, 1.82) is 0 Å². The van der Waals surface area contributed by atoms with E-state index in [9.17, 15) is 4.79 Å². The third kappa shape index (κ3) is 2.09. The Balaban J connectivity index is 1.39. The SMILES string of the molecule is Cn1c(NC2CC(n3c(=O)n(C)c4cccnc43)C2)nc2ccccc21. The first-order valence-corrected chi connectivity index (χ1v) is 8.83. The van der Waals surface area contributed by atoms with E-state index >= 15 is 0 Å². The summed E-state index contributed by atoms with van der Waals surface area (Å²) in [4.78, 5) is 21.7. The molecule has 7 nitrogen and oxygen atoms in total. The number of hydrogen-bond acceptors (Lipinski definition) is 4. The van der Waals surface area contributed by atoms with E-state index in [4.69, 9.17) is 0 Å². The first-order chi connectivity index (χ1) is 12.6. The highest BCUT2D eigenvalue weighted by Gasteiger charge is 2.34. The van der Waals surface area contributed by atoms with Crippen LogP contribution in [0.2, 0.25) is 0 Å². The second-order valence-electron chi connectivity index (χ2n) is 7.01. The van der Waals surface area contributed by atoms with Crippen molar-refractivity contribution in [2.24, 2.45) is 14.1 Å². The number of pyridine rings is 1. The van der Waals surface area contributed by atoms with Crippen LogP contribution in [0, 0.1) is 0 Å². The molecular weight excluding hydrogens is 328 g/mol. The highest BCUT2D eigenvalue weighted by molar-refractivity contribution is 5.78. The first-order valence-electron chi connectivity index (χ1n) is 8.83. The average molecular weight is 348 g/mol. The molecule has 0 aliphatic heterocycles. The fourth-order valence-electron chi connectivity index (χ4n) is 3.89. The van der Waals surface area contributed by atoms with Gasteiger partial charge in [-0.2, -0.15) is 0 Å². The standard InChI is InChI=1S/C19H20N6O/c1-23-15-7-4-3-6-14(15)22-18(23)21-12-10-13(11-12)25-17-16(8-5-9-20-17)24(2)19(25)26/h3-9,12-13H,10-11H2,1-2H3,(H,21,22). The maximum atomic E-state index is 12.6. The molecule has 7 heteroatoms. The van der Waals surface area contributed by atoms with E-state index in [0.29, 0.717) is 6.04 Å². The molecule has 4 aromatic rings. The molecule has 1 N–H and O–H groups in total. The number of para-hydroxylation sites is 2. The highest BCUT2D eigenvalue weighted by Crippen LogP contribution is 2.35. The fourth-order valence-corrected chi connectivity index (χ4v) is 3.89. The second-order valence-corrected chi connectivity index (χ2v) is 7.01. The van der Waals surface area contributed by atoms with Crippen LogP contribution < -0.4 is 11.0 Å². The molecule has 0 spiro atoms. The molecule has 3 aromatic heterocycles. The van der Waals surface area contributed by atoms with Crippen LogP contribution in [-0.4, -0.2) is 29.7 Å². The molecule has 26 heavy (non-hydrogen) atoms. The van der Waals surface area contributed by atoms with Crippen molar-refractivity contribution in [2.45, 2.75) is 24.9 Å². The van der Waals surface area contributed by atoms with Crippen molar-refractivity contribution in [1.82, 2.24) is 23.7 Å². The van der Waals surface area contributed by atoms with Crippen LogP contribution in [0.1, 0.15) is 18.9 Å². The van der Waals surface area contributed by atoms with Crippen molar-refractivity contribution >= 4 is 28.1 Å². The zero-order chi connectivity index (χ0) is 17.8. The third-order valence-corrected chi connectivity index (χ3v) is 5.45. The molecule has 1 fully saturated rings. The summed E-state index contributed by atoms with van der Waals surface area (Å²) < 4.78 is 5.59. The lowest BCUT2D eigenvalue weighted by molar-refractivity contribution is 0.279. The summed E-state index contributed by atoms with van der Waals surface area (Å²) in [5.74, 6) is 0.873. The van der Waals surface area contributed by atoms with Gasteiger partial charge in [-0.05, 0) is 37.1 Å². The van der Waals surface area contributed by atoms with Crippen molar-refractivity contribution < 1.29 is 0 Å². The summed E-state index contributed by atoms with van der Waals surface area (Å²) in [6, 6.07) is 12.4. The number of aryl methyl sites for hydroxylation is 2. The van der Waals surface area contributed by atoms with Gasteiger partial charge in [-0.25, -0.2) is 14.8 Å². The van der Waals surface area contributed by atoms with Crippen LogP contribution in [0.5, 0.6) is 0 Å². The van der Waals surface area contributed by atoms with E-state index in [-0.39, 0.29) is 11.7 Å². The number of fused-ring (bicyclic) bond motifs is 2.